The summed E-state index contributed by atoms with van der Waals surface area (Å²) in [7, 11) is 4.03. The fourth-order valence-electron chi connectivity index (χ4n) is 3.21. The molecule has 6 heteroatoms. The van der Waals surface area contributed by atoms with E-state index >= 15 is 0 Å². The molecular weight excluding hydrogens is 346 g/mol. The molecule has 1 aromatic heterocycles. The Morgan fingerprint density at radius 3 is 2.62 bits per heavy atom. The van der Waals surface area contributed by atoms with Gasteiger partial charge in [0.15, 0.2) is 0 Å². The van der Waals surface area contributed by atoms with Gasteiger partial charge >= 0.3 is 0 Å². The fraction of sp³-hybridized carbons (Fsp3) is 0.400. The lowest BCUT2D eigenvalue weighted by molar-refractivity contribution is -0.128. The van der Waals surface area contributed by atoms with Crippen molar-refractivity contribution in [2.75, 3.05) is 27.2 Å². The molecule has 0 saturated carbocycles. The van der Waals surface area contributed by atoms with E-state index in [9.17, 15) is 9.59 Å². The predicted octanol–water partition coefficient (Wildman–Crippen LogP) is 2.90. The second-order valence-corrected chi connectivity index (χ2v) is 7.64. The highest BCUT2D eigenvalue weighted by molar-refractivity contribution is 7.07. The van der Waals surface area contributed by atoms with Crippen LogP contribution in [0, 0.1) is 0 Å². The molecular formula is C20H25N3O2S. The van der Waals surface area contributed by atoms with Gasteiger partial charge in [0.05, 0.1) is 6.04 Å². The van der Waals surface area contributed by atoms with E-state index in [1.54, 1.807) is 11.3 Å². The van der Waals surface area contributed by atoms with Crippen LogP contribution in [0.15, 0.2) is 41.1 Å². The van der Waals surface area contributed by atoms with Crippen molar-refractivity contribution in [2.24, 2.45) is 0 Å². The van der Waals surface area contributed by atoms with Crippen molar-refractivity contribution >= 4 is 23.2 Å². The van der Waals surface area contributed by atoms with E-state index in [-0.39, 0.29) is 17.9 Å². The molecule has 1 fully saturated rings. The zero-order valence-corrected chi connectivity index (χ0v) is 16.1. The third-order valence-corrected chi connectivity index (χ3v) is 5.47. The number of likely N-dealkylation sites (N-methyl/N-ethyl adjacent to an activating group) is 1. The Morgan fingerprint density at radius 2 is 2.04 bits per heavy atom. The number of carbonyl (C=O) groups excluding carboxylic acids is 2. The van der Waals surface area contributed by atoms with Crippen molar-refractivity contribution in [3.05, 3.63) is 57.8 Å². The maximum Gasteiger partial charge on any atom is 0.251 e. The number of nitrogens with one attached hydrogen (secondary N) is 1. The summed E-state index contributed by atoms with van der Waals surface area (Å²) < 4.78 is 0. The smallest absolute Gasteiger partial charge is 0.251 e. The molecule has 0 bridgehead atoms. The van der Waals surface area contributed by atoms with Gasteiger partial charge in [0.2, 0.25) is 5.91 Å². The lowest BCUT2D eigenvalue weighted by Crippen LogP contribution is -2.34. The fourth-order valence-corrected chi connectivity index (χ4v) is 3.91. The Morgan fingerprint density at radius 1 is 1.27 bits per heavy atom. The molecule has 1 unspecified atom stereocenters. The Hall–Kier alpha value is -2.18. The van der Waals surface area contributed by atoms with E-state index in [0.717, 1.165) is 18.5 Å². The molecule has 0 aliphatic carbocycles. The largest absolute Gasteiger partial charge is 0.350 e. The normalized spacial score (nSPS) is 15.5. The standard InChI is InChI=1S/C20H25N3O2S/c1-22(2)18(17-9-11-26-14-17)12-21-20(25)16-7-5-15(6-8-16)13-23-10-3-4-19(23)24/h5-9,11,14,18H,3-4,10,12-13H2,1-2H3,(H,21,25). The minimum atomic E-state index is -0.0733. The number of carbonyl (C=O) groups is 2. The van der Waals surface area contributed by atoms with Crippen LogP contribution in [0.2, 0.25) is 0 Å². The van der Waals surface area contributed by atoms with Gasteiger partial charge in [-0.2, -0.15) is 11.3 Å². The van der Waals surface area contributed by atoms with Gasteiger partial charge in [0, 0.05) is 31.6 Å². The summed E-state index contributed by atoms with van der Waals surface area (Å²) in [6.07, 6.45) is 1.59. The van der Waals surface area contributed by atoms with Crippen LogP contribution in [-0.2, 0) is 11.3 Å². The Labute approximate surface area is 158 Å². The third-order valence-electron chi connectivity index (χ3n) is 4.77. The van der Waals surface area contributed by atoms with E-state index < -0.39 is 0 Å². The van der Waals surface area contributed by atoms with Gasteiger partial charge in [-0.1, -0.05) is 12.1 Å². The Balaban J connectivity index is 1.56. The molecule has 0 spiro atoms. The van der Waals surface area contributed by atoms with Gasteiger partial charge in [-0.05, 0) is 60.6 Å². The van der Waals surface area contributed by atoms with E-state index in [4.69, 9.17) is 0 Å². The molecule has 3 rings (SSSR count). The molecule has 2 amide bonds. The summed E-state index contributed by atoms with van der Waals surface area (Å²) in [5.74, 6) is 0.144. The van der Waals surface area contributed by atoms with Crippen LogP contribution >= 0.6 is 11.3 Å². The third kappa shape index (κ3) is 4.51. The minimum absolute atomic E-state index is 0.0733. The molecule has 1 aliphatic heterocycles. The van der Waals surface area contributed by atoms with Gasteiger partial charge in [0.25, 0.3) is 5.91 Å². The summed E-state index contributed by atoms with van der Waals surface area (Å²) in [5.41, 5.74) is 2.91. The summed E-state index contributed by atoms with van der Waals surface area (Å²) in [6.45, 7) is 2.02. The van der Waals surface area contributed by atoms with Gasteiger partial charge in [-0.15, -0.1) is 0 Å². The molecule has 138 valence electrons. The monoisotopic (exact) mass is 371 g/mol. The van der Waals surface area contributed by atoms with Crippen LogP contribution in [0.4, 0.5) is 0 Å². The number of hydrogen-bond acceptors (Lipinski definition) is 4. The highest BCUT2D eigenvalue weighted by Crippen LogP contribution is 2.20. The Bertz CT molecular complexity index is 741. The second-order valence-electron chi connectivity index (χ2n) is 6.86. The molecule has 1 N–H and O–H groups in total. The average Bonchev–Trinajstić information content (AvgIpc) is 3.28. The molecule has 0 radical (unpaired) electrons. The highest BCUT2D eigenvalue weighted by atomic mass is 32.1. The van der Waals surface area contributed by atoms with E-state index in [1.165, 1.54) is 5.56 Å². The van der Waals surface area contributed by atoms with Crippen molar-refractivity contribution in [3.8, 4) is 0 Å². The first kappa shape index (κ1) is 18.6. The summed E-state index contributed by atoms with van der Waals surface area (Å²) in [5, 5.41) is 7.20. The van der Waals surface area contributed by atoms with Crippen LogP contribution in [0.3, 0.4) is 0 Å². The molecule has 1 aliphatic rings. The quantitative estimate of drug-likeness (QED) is 0.814. The van der Waals surface area contributed by atoms with E-state index in [1.807, 2.05) is 43.3 Å². The number of likely N-dealkylation sites (tertiary alicyclic amines) is 1. The first-order chi connectivity index (χ1) is 12.5. The van der Waals surface area contributed by atoms with E-state index in [2.05, 4.69) is 27.0 Å². The predicted molar refractivity (Wildman–Crippen MR) is 104 cm³/mol. The first-order valence-electron chi connectivity index (χ1n) is 8.88. The minimum Gasteiger partial charge on any atom is -0.350 e. The lowest BCUT2D eigenvalue weighted by atomic mass is 10.1. The number of amides is 2. The van der Waals surface area contributed by atoms with Gasteiger partial charge < -0.3 is 15.1 Å². The molecule has 1 atom stereocenters. The zero-order chi connectivity index (χ0) is 18.5. The van der Waals surface area contributed by atoms with Gasteiger partial charge in [-0.25, -0.2) is 0 Å². The van der Waals surface area contributed by atoms with Crippen LogP contribution in [0.5, 0.6) is 0 Å². The summed E-state index contributed by atoms with van der Waals surface area (Å²) in [4.78, 5) is 28.2. The first-order valence-corrected chi connectivity index (χ1v) is 9.82. The van der Waals surface area contributed by atoms with Gasteiger partial charge in [-0.3, -0.25) is 9.59 Å². The second kappa shape index (κ2) is 8.47. The SMILES string of the molecule is CN(C)C(CNC(=O)c1ccc(CN2CCCC2=O)cc1)c1ccsc1. The number of hydrogen-bond donors (Lipinski definition) is 1. The van der Waals surface area contributed by atoms with Crippen LogP contribution in [0.1, 0.15) is 40.4 Å². The lowest BCUT2D eigenvalue weighted by Gasteiger charge is -2.24. The zero-order valence-electron chi connectivity index (χ0n) is 15.3. The van der Waals surface area contributed by atoms with Gasteiger partial charge in [0.1, 0.15) is 0 Å². The van der Waals surface area contributed by atoms with Crippen LogP contribution < -0.4 is 5.32 Å². The maximum atomic E-state index is 12.5. The topological polar surface area (TPSA) is 52.7 Å². The molecule has 2 heterocycles. The molecule has 2 aromatic rings. The average molecular weight is 372 g/mol. The van der Waals surface area contributed by atoms with Crippen molar-refractivity contribution in [2.45, 2.75) is 25.4 Å². The van der Waals surface area contributed by atoms with E-state index in [0.29, 0.717) is 25.1 Å². The maximum absolute atomic E-state index is 12.5. The van der Waals surface area contributed by atoms with Crippen LogP contribution in [0.25, 0.3) is 0 Å². The van der Waals surface area contributed by atoms with Crippen molar-refractivity contribution in [3.63, 3.8) is 0 Å². The number of thiophene rings is 1. The summed E-state index contributed by atoms with van der Waals surface area (Å²) >= 11 is 1.66. The highest BCUT2D eigenvalue weighted by Gasteiger charge is 2.20. The Kier molecular flexibility index (Phi) is 6.06. The van der Waals surface area contributed by atoms with Crippen molar-refractivity contribution < 1.29 is 9.59 Å². The van der Waals surface area contributed by atoms with Crippen LogP contribution in [-0.4, -0.2) is 48.8 Å². The molecule has 1 aromatic carbocycles. The van der Waals surface area contributed by atoms with Crippen molar-refractivity contribution in [1.29, 1.82) is 0 Å². The number of nitrogens with zero attached hydrogens (tertiary/aromatic N) is 2. The molecule has 5 nitrogen and oxygen atoms in total. The van der Waals surface area contributed by atoms with Crippen molar-refractivity contribution in [1.82, 2.24) is 15.1 Å². The molecule has 26 heavy (non-hydrogen) atoms. The number of benzene rings is 1. The summed E-state index contributed by atoms with van der Waals surface area (Å²) in [6, 6.07) is 9.79. The molecule has 1 saturated heterocycles. The number of rotatable bonds is 7.